The third kappa shape index (κ3) is 3.01. The van der Waals surface area contributed by atoms with Crippen molar-refractivity contribution in [3.05, 3.63) is 46.5 Å². The maximum atomic E-state index is 4.86. The fourth-order valence-electron chi connectivity index (χ4n) is 2.46. The van der Waals surface area contributed by atoms with E-state index in [1.54, 1.807) is 0 Å². The molecule has 2 heteroatoms. The Kier molecular flexibility index (Phi) is 5.13. The Bertz CT molecular complexity index is 595. The SMILES string of the molecule is C=Cc1cc(-c2nc(CCC)c(CC)s2)ccc1CC. The van der Waals surface area contributed by atoms with Gasteiger partial charge in [0.25, 0.3) is 0 Å². The molecule has 0 saturated carbocycles. The summed E-state index contributed by atoms with van der Waals surface area (Å²) in [5, 5.41) is 1.15. The molecule has 1 heterocycles. The van der Waals surface area contributed by atoms with Gasteiger partial charge in [-0.25, -0.2) is 4.98 Å². The molecule has 0 aliphatic carbocycles. The summed E-state index contributed by atoms with van der Waals surface area (Å²) in [7, 11) is 0. The van der Waals surface area contributed by atoms with E-state index in [0.29, 0.717) is 0 Å². The van der Waals surface area contributed by atoms with Gasteiger partial charge in [-0.1, -0.05) is 52.0 Å². The summed E-state index contributed by atoms with van der Waals surface area (Å²) < 4.78 is 0. The van der Waals surface area contributed by atoms with E-state index in [0.717, 1.165) is 30.7 Å². The molecule has 0 amide bonds. The van der Waals surface area contributed by atoms with Crippen LogP contribution in [0.15, 0.2) is 24.8 Å². The summed E-state index contributed by atoms with van der Waals surface area (Å²) in [5.74, 6) is 0. The molecule has 0 spiro atoms. The predicted molar refractivity (Wildman–Crippen MR) is 90.4 cm³/mol. The number of aryl methyl sites for hydroxylation is 3. The van der Waals surface area contributed by atoms with E-state index in [1.165, 1.54) is 27.3 Å². The van der Waals surface area contributed by atoms with Gasteiger partial charge in [-0.15, -0.1) is 11.3 Å². The van der Waals surface area contributed by atoms with Gasteiger partial charge in [-0.2, -0.15) is 0 Å². The first-order valence-corrected chi connectivity index (χ1v) is 8.29. The van der Waals surface area contributed by atoms with Crippen LogP contribution in [0.1, 0.15) is 48.9 Å². The van der Waals surface area contributed by atoms with Crippen LogP contribution >= 0.6 is 11.3 Å². The van der Waals surface area contributed by atoms with E-state index in [2.05, 4.69) is 45.5 Å². The molecule has 2 rings (SSSR count). The van der Waals surface area contributed by atoms with Crippen LogP contribution in [-0.2, 0) is 19.3 Å². The standard InChI is InChI=1S/C18H23NS/c1-5-9-16-17(8-4)20-18(19-16)15-11-10-13(6-2)14(7-3)12-15/h7,10-12H,3,5-6,8-9H2,1-2,4H3. The largest absolute Gasteiger partial charge is 0.241 e. The monoisotopic (exact) mass is 285 g/mol. The number of benzene rings is 1. The molecule has 106 valence electrons. The van der Waals surface area contributed by atoms with Crippen molar-refractivity contribution in [3.63, 3.8) is 0 Å². The molecule has 0 bridgehead atoms. The molecular formula is C18H23NS. The van der Waals surface area contributed by atoms with Gasteiger partial charge in [-0.3, -0.25) is 0 Å². The van der Waals surface area contributed by atoms with Crippen LogP contribution < -0.4 is 0 Å². The second-order valence-corrected chi connectivity index (χ2v) is 6.05. The first kappa shape index (κ1) is 15.0. The molecule has 0 N–H and O–H groups in total. The fourth-order valence-corrected chi connectivity index (χ4v) is 3.50. The zero-order valence-corrected chi connectivity index (χ0v) is 13.5. The minimum atomic E-state index is 1.04. The number of hydrogen-bond donors (Lipinski definition) is 0. The molecule has 20 heavy (non-hydrogen) atoms. The lowest BCUT2D eigenvalue weighted by Gasteiger charge is -2.05. The molecule has 0 unspecified atom stereocenters. The van der Waals surface area contributed by atoms with Crippen LogP contribution in [0.3, 0.4) is 0 Å². The Morgan fingerprint density at radius 1 is 1.20 bits per heavy atom. The van der Waals surface area contributed by atoms with Crippen molar-refractivity contribution < 1.29 is 0 Å². The first-order valence-electron chi connectivity index (χ1n) is 7.47. The Balaban J connectivity index is 2.43. The Hall–Kier alpha value is -1.41. The summed E-state index contributed by atoms with van der Waals surface area (Å²) in [4.78, 5) is 6.29. The first-order chi connectivity index (χ1) is 9.73. The zero-order valence-electron chi connectivity index (χ0n) is 12.7. The highest BCUT2D eigenvalue weighted by Crippen LogP contribution is 2.31. The highest BCUT2D eigenvalue weighted by molar-refractivity contribution is 7.15. The van der Waals surface area contributed by atoms with Gasteiger partial charge in [0, 0.05) is 10.4 Å². The molecule has 1 nitrogen and oxygen atoms in total. The Labute approximate surface area is 126 Å². The van der Waals surface area contributed by atoms with Crippen LogP contribution in [0.4, 0.5) is 0 Å². The summed E-state index contributed by atoms with van der Waals surface area (Å²) in [6, 6.07) is 6.62. The maximum Gasteiger partial charge on any atom is 0.123 e. The molecule has 0 saturated heterocycles. The number of nitrogens with zero attached hydrogens (tertiary/aromatic N) is 1. The lowest BCUT2D eigenvalue weighted by molar-refractivity contribution is 0.876. The molecular weight excluding hydrogens is 262 g/mol. The van der Waals surface area contributed by atoms with Crippen molar-refractivity contribution in [1.29, 1.82) is 0 Å². The van der Waals surface area contributed by atoms with Gasteiger partial charge in [-0.05, 0) is 36.5 Å². The van der Waals surface area contributed by atoms with Gasteiger partial charge in [0.2, 0.25) is 0 Å². The van der Waals surface area contributed by atoms with Crippen molar-refractivity contribution in [2.75, 3.05) is 0 Å². The number of hydrogen-bond acceptors (Lipinski definition) is 2. The van der Waals surface area contributed by atoms with Crippen LogP contribution in [0, 0.1) is 0 Å². The van der Waals surface area contributed by atoms with E-state index in [-0.39, 0.29) is 0 Å². The minimum absolute atomic E-state index is 1.04. The fraction of sp³-hybridized carbons (Fsp3) is 0.389. The van der Waals surface area contributed by atoms with Crippen LogP contribution in [0.5, 0.6) is 0 Å². The summed E-state index contributed by atoms with van der Waals surface area (Å²) in [6.45, 7) is 10.5. The molecule has 0 atom stereocenters. The maximum absolute atomic E-state index is 4.86. The average molecular weight is 285 g/mol. The van der Waals surface area contributed by atoms with E-state index in [4.69, 9.17) is 4.98 Å². The molecule has 0 aliphatic heterocycles. The van der Waals surface area contributed by atoms with E-state index < -0.39 is 0 Å². The van der Waals surface area contributed by atoms with Crippen LogP contribution in [-0.4, -0.2) is 4.98 Å². The number of thiazole rings is 1. The van der Waals surface area contributed by atoms with Crippen molar-refractivity contribution >= 4 is 17.4 Å². The molecule has 0 aliphatic rings. The lowest BCUT2D eigenvalue weighted by atomic mass is 10.0. The van der Waals surface area contributed by atoms with Crippen LogP contribution in [0.2, 0.25) is 0 Å². The van der Waals surface area contributed by atoms with Gasteiger partial charge in [0.05, 0.1) is 5.69 Å². The van der Waals surface area contributed by atoms with E-state index in [9.17, 15) is 0 Å². The smallest absolute Gasteiger partial charge is 0.123 e. The van der Waals surface area contributed by atoms with Crippen molar-refractivity contribution in [3.8, 4) is 10.6 Å². The Morgan fingerprint density at radius 2 is 2.00 bits per heavy atom. The number of aromatic nitrogens is 1. The third-order valence-electron chi connectivity index (χ3n) is 3.58. The van der Waals surface area contributed by atoms with Gasteiger partial charge < -0.3 is 0 Å². The van der Waals surface area contributed by atoms with Gasteiger partial charge in [0.1, 0.15) is 5.01 Å². The molecule has 2 aromatic rings. The van der Waals surface area contributed by atoms with Gasteiger partial charge >= 0.3 is 0 Å². The number of rotatable bonds is 6. The summed E-state index contributed by atoms with van der Waals surface area (Å²) in [5.41, 5.74) is 5.09. The van der Waals surface area contributed by atoms with Crippen molar-refractivity contribution in [1.82, 2.24) is 4.98 Å². The van der Waals surface area contributed by atoms with Crippen LogP contribution in [0.25, 0.3) is 16.6 Å². The average Bonchev–Trinajstić information content (AvgIpc) is 2.90. The Morgan fingerprint density at radius 3 is 2.60 bits per heavy atom. The topological polar surface area (TPSA) is 12.9 Å². The molecule has 0 radical (unpaired) electrons. The van der Waals surface area contributed by atoms with E-state index in [1.807, 2.05) is 17.4 Å². The predicted octanol–water partition coefficient (Wildman–Crippen LogP) is 5.53. The second kappa shape index (κ2) is 6.85. The molecule has 1 aromatic heterocycles. The van der Waals surface area contributed by atoms with Crippen molar-refractivity contribution in [2.45, 2.75) is 46.5 Å². The second-order valence-electron chi connectivity index (χ2n) is 4.96. The van der Waals surface area contributed by atoms with Gasteiger partial charge in [0.15, 0.2) is 0 Å². The zero-order chi connectivity index (χ0) is 14.5. The van der Waals surface area contributed by atoms with Crippen molar-refractivity contribution in [2.24, 2.45) is 0 Å². The quantitative estimate of drug-likeness (QED) is 0.680. The normalized spacial score (nSPS) is 10.8. The third-order valence-corrected chi connectivity index (χ3v) is 4.87. The lowest BCUT2D eigenvalue weighted by Crippen LogP contribution is -1.89. The molecule has 1 aromatic carbocycles. The molecule has 0 fully saturated rings. The highest BCUT2D eigenvalue weighted by Gasteiger charge is 2.11. The summed E-state index contributed by atoms with van der Waals surface area (Å²) in [6.07, 6.45) is 6.31. The highest BCUT2D eigenvalue weighted by atomic mass is 32.1. The summed E-state index contributed by atoms with van der Waals surface area (Å²) >= 11 is 1.84. The van der Waals surface area contributed by atoms with E-state index >= 15 is 0 Å². The minimum Gasteiger partial charge on any atom is -0.241 e.